The molecule has 0 spiro atoms. The average molecular weight is 371 g/mol. The lowest BCUT2D eigenvalue weighted by atomic mass is 10.1. The zero-order valence-corrected chi connectivity index (χ0v) is 14.1. The SMILES string of the molecule is Cc1cccc(/C=C2/NC(=O)N(Cc3ccc(Br)cc3)C2=O)c1. The van der Waals surface area contributed by atoms with Crippen molar-refractivity contribution in [2.45, 2.75) is 13.5 Å². The van der Waals surface area contributed by atoms with Crippen LogP contribution in [-0.2, 0) is 11.3 Å². The second kappa shape index (κ2) is 6.38. The number of rotatable bonds is 3. The van der Waals surface area contributed by atoms with Crippen LogP contribution in [-0.4, -0.2) is 16.8 Å². The largest absolute Gasteiger partial charge is 0.329 e. The molecule has 0 atom stereocenters. The minimum atomic E-state index is -0.392. The van der Waals surface area contributed by atoms with E-state index in [2.05, 4.69) is 21.2 Å². The molecule has 2 aromatic rings. The molecule has 5 heteroatoms. The van der Waals surface area contributed by atoms with Crippen molar-refractivity contribution in [3.8, 4) is 0 Å². The highest BCUT2D eigenvalue weighted by Crippen LogP contribution is 2.18. The first-order chi connectivity index (χ1) is 11.0. The fourth-order valence-corrected chi connectivity index (χ4v) is 2.68. The Kier molecular flexibility index (Phi) is 4.30. The van der Waals surface area contributed by atoms with Crippen LogP contribution in [0.2, 0.25) is 0 Å². The summed E-state index contributed by atoms with van der Waals surface area (Å²) in [6.07, 6.45) is 1.70. The van der Waals surface area contributed by atoms with Crippen molar-refractivity contribution in [3.05, 3.63) is 75.4 Å². The van der Waals surface area contributed by atoms with E-state index in [0.717, 1.165) is 21.2 Å². The highest BCUT2D eigenvalue weighted by Gasteiger charge is 2.33. The van der Waals surface area contributed by atoms with Crippen LogP contribution in [0, 0.1) is 6.92 Å². The number of nitrogens with one attached hydrogen (secondary N) is 1. The zero-order chi connectivity index (χ0) is 16.4. The molecule has 23 heavy (non-hydrogen) atoms. The molecule has 0 aliphatic carbocycles. The second-order valence-corrected chi connectivity index (χ2v) is 6.34. The van der Waals surface area contributed by atoms with Gasteiger partial charge in [-0.3, -0.25) is 9.69 Å². The van der Waals surface area contributed by atoms with Crippen LogP contribution in [0.1, 0.15) is 16.7 Å². The van der Waals surface area contributed by atoms with Crippen molar-refractivity contribution in [1.29, 1.82) is 0 Å². The van der Waals surface area contributed by atoms with Gasteiger partial charge in [-0.1, -0.05) is 57.9 Å². The standard InChI is InChI=1S/C18H15BrN2O2/c1-12-3-2-4-14(9-12)10-16-17(22)21(18(23)20-16)11-13-5-7-15(19)8-6-13/h2-10H,11H2,1H3,(H,20,23)/b16-10+. The van der Waals surface area contributed by atoms with E-state index in [1.807, 2.05) is 55.5 Å². The van der Waals surface area contributed by atoms with Gasteiger partial charge >= 0.3 is 6.03 Å². The van der Waals surface area contributed by atoms with Crippen LogP contribution >= 0.6 is 15.9 Å². The minimum absolute atomic E-state index is 0.253. The molecule has 0 radical (unpaired) electrons. The van der Waals surface area contributed by atoms with Crippen molar-refractivity contribution < 1.29 is 9.59 Å². The van der Waals surface area contributed by atoms with E-state index in [1.165, 1.54) is 4.90 Å². The van der Waals surface area contributed by atoms with Crippen molar-refractivity contribution >= 4 is 33.9 Å². The number of amides is 3. The molecule has 2 aromatic carbocycles. The number of aryl methyl sites for hydroxylation is 1. The second-order valence-electron chi connectivity index (χ2n) is 5.42. The normalized spacial score (nSPS) is 16.1. The first kappa shape index (κ1) is 15.5. The molecule has 1 saturated heterocycles. The van der Waals surface area contributed by atoms with Gasteiger partial charge in [-0.25, -0.2) is 4.79 Å². The van der Waals surface area contributed by atoms with Crippen molar-refractivity contribution in [1.82, 2.24) is 10.2 Å². The minimum Gasteiger partial charge on any atom is -0.303 e. The lowest BCUT2D eigenvalue weighted by Gasteiger charge is -2.11. The van der Waals surface area contributed by atoms with Crippen LogP contribution < -0.4 is 5.32 Å². The summed E-state index contributed by atoms with van der Waals surface area (Å²) >= 11 is 3.37. The van der Waals surface area contributed by atoms with E-state index in [9.17, 15) is 9.59 Å². The van der Waals surface area contributed by atoms with Gasteiger partial charge in [0.1, 0.15) is 5.70 Å². The van der Waals surface area contributed by atoms with Gasteiger partial charge in [0, 0.05) is 4.47 Å². The summed E-state index contributed by atoms with van der Waals surface area (Å²) in [5, 5.41) is 2.64. The van der Waals surface area contributed by atoms with Gasteiger partial charge in [0.2, 0.25) is 0 Å². The first-order valence-electron chi connectivity index (χ1n) is 7.18. The summed E-state index contributed by atoms with van der Waals surface area (Å²) in [6, 6.07) is 14.9. The van der Waals surface area contributed by atoms with Gasteiger partial charge < -0.3 is 5.32 Å². The lowest BCUT2D eigenvalue weighted by molar-refractivity contribution is -0.123. The van der Waals surface area contributed by atoms with E-state index in [4.69, 9.17) is 0 Å². The number of hydrogen-bond acceptors (Lipinski definition) is 2. The highest BCUT2D eigenvalue weighted by atomic mass is 79.9. The molecule has 4 nitrogen and oxygen atoms in total. The number of halogens is 1. The van der Waals surface area contributed by atoms with Gasteiger partial charge in [-0.05, 0) is 36.3 Å². The highest BCUT2D eigenvalue weighted by molar-refractivity contribution is 9.10. The third kappa shape index (κ3) is 3.51. The van der Waals surface area contributed by atoms with Gasteiger partial charge in [-0.15, -0.1) is 0 Å². The Bertz CT molecular complexity index is 797. The zero-order valence-electron chi connectivity index (χ0n) is 12.5. The molecule has 3 amide bonds. The summed E-state index contributed by atoms with van der Waals surface area (Å²) in [4.78, 5) is 25.7. The van der Waals surface area contributed by atoms with Crippen molar-refractivity contribution in [2.75, 3.05) is 0 Å². The van der Waals surface area contributed by atoms with Crippen LogP contribution in [0.15, 0.2) is 58.7 Å². The quantitative estimate of drug-likeness (QED) is 0.658. The third-order valence-electron chi connectivity index (χ3n) is 3.57. The predicted molar refractivity (Wildman–Crippen MR) is 92.4 cm³/mol. The van der Waals surface area contributed by atoms with Gasteiger partial charge in [0.05, 0.1) is 6.54 Å². The predicted octanol–water partition coefficient (Wildman–Crippen LogP) is 3.85. The summed E-state index contributed by atoms with van der Waals surface area (Å²) in [6.45, 7) is 2.24. The summed E-state index contributed by atoms with van der Waals surface area (Å²) < 4.78 is 0.957. The molecule has 3 rings (SSSR count). The molecule has 0 saturated carbocycles. The molecule has 0 bridgehead atoms. The number of carbonyl (C=O) groups excluding carboxylic acids is 2. The van der Waals surface area contributed by atoms with E-state index in [1.54, 1.807) is 6.08 Å². The number of nitrogens with zero attached hydrogens (tertiary/aromatic N) is 1. The monoisotopic (exact) mass is 370 g/mol. The summed E-state index contributed by atoms with van der Waals surface area (Å²) in [7, 11) is 0. The number of carbonyl (C=O) groups is 2. The summed E-state index contributed by atoms with van der Waals surface area (Å²) in [5.41, 5.74) is 3.19. The van der Waals surface area contributed by atoms with Crippen LogP contribution in [0.5, 0.6) is 0 Å². The average Bonchev–Trinajstić information content (AvgIpc) is 2.77. The lowest BCUT2D eigenvalue weighted by Crippen LogP contribution is -2.30. The molecular weight excluding hydrogens is 356 g/mol. The van der Waals surface area contributed by atoms with Gasteiger partial charge in [0.25, 0.3) is 5.91 Å². The van der Waals surface area contributed by atoms with Crippen LogP contribution in [0.4, 0.5) is 4.79 Å². The third-order valence-corrected chi connectivity index (χ3v) is 4.10. The number of imide groups is 1. The van der Waals surface area contributed by atoms with Gasteiger partial charge in [0.15, 0.2) is 0 Å². The van der Waals surface area contributed by atoms with Crippen molar-refractivity contribution in [3.63, 3.8) is 0 Å². The molecule has 1 fully saturated rings. The number of benzene rings is 2. The Labute approximate surface area is 142 Å². The fraction of sp³-hybridized carbons (Fsp3) is 0.111. The summed E-state index contributed by atoms with van der Waals surface area (Å²) in [5.74, 6) is -0.306. The Hall–Kier alpha value is -2.40. The molecule has 1 heterocycles. The fourth-order valence-electron chi connectivity index (χ4n) is 2.41. The number of urea groups is 1. The smallest absolute Gasteiger partial charge is 0.303 e. The van der Waals surface area contributed by atoms with Gasteiger partial charge in [-0.2, -0.15) is 0 Å². The molecule has 1 N–H and O–H groups in total. The molecule has 1 aliphatic rings. The molecule has 0 unspecified atom stereocenters. The Balaban J connectivity index is 1.81. The van der Waals surface area contributed by atoms with E-state index in [0.29, 0.717) is 5.70 Å². The van der Waals surface area contributed by atoms with E-state index >= 15 is 0 Å². The Morgan fingerprint density at radius 1 is 1.13 bits per heavy atom. The maximum absolute atomic E-state index is 12.4. The number of hydrogen-bond donors (Lipinski definition) is 1. The molecule has 1 aliphatic heterocycles. The van der Waals surface area contributed by atoms with E-state index in [-0.39, 0.29) is 12.5 Å². The van der Waals surface area contributed by atoms with Crippen molar-refractivity contribution in [2.24, 2.45) is 0 Å². The maximum Gasteiger partial charge on any atom is 0.329 e. The topological polar surface area (TPSA) is 49.4 Å². The molecule has 0 aromatic heterocycles. The van der Waals surface area contributed by atoms with Crippen LogP contribution in [0.3, 0.4) is 0 Å². The molecule has 116 valence electrons. The first-order valence-corrected chi connectivity index (χ1v) is 7.98. The van der Waals surface area contributed by atoms with Crippen LogP contribution in [0.25, 0.3) is 6.08 Å². The maximum atomic E-state index is 12.4. The molecular formula is C18H15BrN2O2. The Morgan fingerprint density at radius 2 is 1.87 bits per heavy atom. The van der Waals surface area contributed by atoms with E-state index < -0.39 is 6.03 Å². The Morgan fingerprint density at radius 3 is 2.57 bits per heavy atom.